The summed E-state index contributed by atoms with van der Waals surface area (Å²) in [6.07, 6.45) is 1.87. The van der Waals surface area contributed by atoms with Crippen molar-refractivity contribution in [2.24, 2.45) is 17.4 Å². The number of hydrogen-bond donors (Lipinski definition) is 2. The largest absolute Gasteiger partial charge is 0.369 e. The van der Waals surface area contributed by atoms with Crippen molar-refractivity contribution in [3.8, 4) is 0 Å². The number of benzene rings is 1. The molecule has 20 heavy (non-hydrogen) atoms. The maximum absolute atomic E-state index is 11.5. The Hall–Kier alpha value is -1.39. The monoisotopic (exact) mass is 275 g/mol. The van der Waals surface area contributed by atoms with E-state index in [1.165, 1.54) is 5.56 Å². The SMILES string of the molecule is CC(N)C(c1ccccc1)N1CC(C(N)=O)CCC1C. The van der Waals surface area contributed by atoms with Crippen LogP contribution in [-0.4, -0.2) is 29.4 Å². The molecule has 110 valence electrons. The minimum atomic E-state index is -0.196. The number of nitrogens with two attached hydrogens (primary N) is 2. The molecule has 0 radical (unpaired) electrons. The fourth-order valence-corrected chi connectivity index (χ4v) is 3.20. The topological polar surface area (TPSA) is 72.3 Å². The molecular weight excluding hydrogens is 250 g/mol. The average Bonchev–Trinajstić information content (AvgIpc) is 2.41. The number of nitrogens with zero attached hydrogens (tertiary/aromatic N) is 1. The molecule has 1 heterocycles. The lowest BCUT2D eigenvalue weighted by atomic mass is 9.88. The van der Waals surface area contributed by atoms with Gasteiger partial charge in [0, 0.05) is 24.7 Å². The normalized spacial score (nSPS) is 26.9. The van der Waals surface area contributed by atoms with E-state index in [0.29, 0.717) is 12.6 Å². The summed E-state index contributed by atoms with van der Waals surface area (Å²) in [6.45, 7) is 4.94. The summed E-state index contributed by atoms with van der Waals surface area (Å²) >= 11 is 0. The third kappa shape index (κ3) is 3.19. The zero-order chi connectivity index (χ0) is 14.7. The number of rotatable bonds is 4. The summed E-state index contributed by atoms with van der Waals surface area (Å²) in [5.41, 5.74) is 12.9. The lowest BCUT2D eigenvalue weighted by Gasteiger charge is -2.43. The zero-order valence-corrected chi connectivity index (χ0v) is 12.3. The fraction of sp³-hybridized carbons (Fsp3) is 0.562. The number of piperidine rings is 1. The zero-order valence-electron chi connectivity index (χ0n) is 12.3. The van der Waals surface area contributed by atoms with E-state index in [4.69, 9.17) is 11.5 Å². The number of carbonyl (C=O) groups excluding carboxylic acids is 1. The van der Waals surface area contributed by atoms with Crippen molar-refractivity contribution in [2.75, 3.05) is 6.54 Å². The van der Waals surface area contributed by atoms with Crippen molar-refractivity contribution in [3.05, 3.63) is 35.9 Å². The first-order valence-corrected chi connectivity index (χ1v) is 7.36. The quantitative estimate of drug-likeness (QED) is 0.878. The van der Waals surface area contributed by atoms with Crippen LogP contribution < -0.4 is 11.5 Å². The van der Waals surface area contributed by atoms with E-state index in [-0.39, 0.29) is 23.9 Å². The highest BCUT2D eigenvalue weighted by Gasteiger charge is 2.35. The van der Waals surface area contributed by atoms with E-state index in [9.17, 15) is 4.79 Å². The Kier molecular flexibility index (Phi) is 4.78. The van der Waals surface area contributed by atoms with E-state index in [1.807, 2.05) is 25.1 Å². The molecule has 4 nitrogen and oxygen atoms in total. The van der Waals surface area contributed by atoms with Crippen LogP contribution in [0.25, 0.3) is 0 Å². The number of carbonyl (C=O) groups is 1. The van der Waals surface area contributed by atoms with E-state index in [2.05, 4.69) is 24.0 Å². The van der Waals surface area contributed by atoms with Crippen molar-refractivity contribution in [3.63, 3.8) is 0 Å². The molecule has 4 heteroatoms. The van der Waals surface area contributed by atoms with E-state index in [0.717, 1.165) is 12.8 Å². The van der Waals surface area contributed by atoms with E-state index in [1.54, 1.807) is 0 Å². The van der Waals surface area contributed by atoms with Crippen LogP contribution in [0.1, 0.15) is 38.3 Å². The summed E-state index contributed by atoms with van der Waals surface area (Å²) in [5.74, 6) is -0.255. The van der Waals surface area contributed by atoms with Gasteiger partial charge in [0.1, 0.15) is 0 Å². The second kappa shape index (κ2) is 6.37. The van der Waals surface area contributed by atoms with Crippen LogP contribution >= 0.6 is 0 Å². The van der Waals surface area contributed by atoms with Gasteiger partial charge < -0.3 is 11.5 Å². The Morgan fingerprint density at radius 2 is 1.95 bits per heavy atom. The van der Waals surface area contributed by atoms with Gasteiger partial charge in [-0.05, 0) is 32.3 Å². The first kappa shape index (κ1) is 15.0. The van der Waals surface area contributed by atoms with Gasteiger partial charge in [-0.3, -0.25) is 9.69 Å². The van der Waals surface area contributed by atoms with E-state index >= 15 is 0 Å². The first-order valence-electron chi connectivity index (χ1n) is 7.36. The number of hydrogen-bond acceptors (Lipinski definition) is 3. The van der Waals surface area contributed by atoms with Gasteiger partial charge in [-0.1, -0.05) is 30.3 Å². The fourth-order valence-electron chi connectivity index (χ4n) is 3.20. The molecule has 0 aromatic heterocycles. The molecule has 4 unspecified atom stereocenters. The van der Waals surface area contributed by atoms with Gasteiger partial charge in [0.2, 0.25) is 5.91 Å². The molecule has 1 aromatic rings. The predicted molar refractivity (Wildman–Crippen MR) is 80.9 cm³/mol. The third-order valence-electron chi connectivity index (χ3n) is 4.33. The van der Waals surface area contributed by atoms with Crippen LogP contribution in [0.4, 0.5) is 0 Å². The molecular formula is C16H25N3O. The molecule has 1 amide bonds. The summed E-state index contributed by atoms with van der Waals surface area (Å²) in [4.78, 5) is 13.8. The van der Waals surface area contributed by atoms with Gasteiger partial charge in [-0.2, -0.15) is 0 Å². The average molecular weight is 275 g/mol. The van der Waals surface area contributed by atoms with E-state index < -0.39 is 0 Å². The Morgan fingerprint density at radius 3 is 2.50 bits per heavy atom. The summed E-state index contributed by atoms with van der Waals surface area (Å²) in [6, 6.07) is 10.8. The lowest BCUT2D eigenvalue weighted by molar-refractivity contribution is -0.124. The Labute approximate surface area is 121 Å². The third-order valence-corrected chi connectivity index (χ3v) is 4.33. The van der Waals surface area contributed by atoms with Gasteiger partial charge >= 0.3 is 0 Å². The smallest absolute Gasteiger partial charge is 0.221 e. The molecule has 0 spiro atoms. The van der Waals surface area contributed by atoms with Crippen molar-refractivity contribution >= 4 is 5.91 Å². The van der Waals surface area contributed by atoms with Crippen LogP contribution in [0, 0.1) is 5.92 Å². The summed E-state index contributed by atoms with van der Waals surface area (Å²) in [5, 5.41) is 0. The van der Waals surface area contributed by atoms with Gasteiger partial charge in [0.15, 0.2) is 0 Å². The number of likely N-dealkylation sites (tertiary alicyclic amines) is 1. The molecule has 0 saturated carbocycles. The highest BCUT2D eigenvalue weighted by Crippen LogP contribution is 2.32. The maximum Gasteiger partial charge on any atom is 0.221 e. The van der Waals surface area contributed by atoms with Crippen molar-refractivity contribution in [1.82, 2.24) is 4.90 Å². The van der Waals surface area contributed by atoms with Crippen LogP contribution in [0.5, 0.6) is 0 Å². The standard InChI is InChI=1S/C16H25N3O/c1-11-8-9-14(16(18)20)10-19(11)15(12(2)17)13-6-4-3-5-7-13/h3-7,11-12,14-15H,8-10,17H2,1-2H3,(H2,18,20). The molecule has 1 aliphatic rings. The van der Waals surface area contributed by atoms with Gasteiger partial charge in [-0.25, -0.2) is 0 Å². The van der Waals surface area contributed by atoms with Crippen LogP contribution in [0.2, 0.25) is 0 Å². The lowest BCUT2D eigenvalue weighted by Crippen LogP contribution is -2.51. The predicted octanol–water partition coefficient (Wildman–Crippen LogP) is 1.66. The molecule has 4 atom stereocenters. The molecule has 2 rings (SSSR count). The summed E-state index contributed by atoms with van der Waals surface area (Å²) in [7, 11) is 0. The van der Waals surface area contributed by atoms with Gasteiger partial charge in [0.05, 0.1) is 5.92 Å². The molecule has 1 saturated heterocycles. The molecule has 1 aliphatic heterocycles. The highest BCUT2D eigenvalue weighted by atomic mass is 16.1. The molecule has 0 aliphatic carbocycles. The minimum absolute atomic E-state index is 0.00600. The van der Waals surface area contributed by atoms with Gasteiger partial charge in [-0.15, -0.1) is 0 Å². The Morgan fingerprint density at radius 1 is 1.30 bits per heavy atom. The Balaban J connectivity index is 2.26. The maximum atomic E-state index is 11.5. The molecule has 0 bridgehead atoms. The molecule has 1 fully saturated rings. The number of primary amides is 1. The van der Waals surface area contributed by atoms with Crippen LogP contribution in [0.3, 0.4) is 0 Å². The van der Waals surface area contributed by atoms with Crippen LogP contribution in [-0.2, 0) is 4.79 Å². The van der Waals surface area contributed by atoms with Crippen molar-refractivity contribution in [1.29, 1.82) is 0 Å². The second-order valence-electron chi connectivity index (χ2n) is 5.94. The summed E-state index contributed by atoms with van der Waals surface area (Å²) < 4.78 is 0. The Bertz CT molecular complexity index is 446. The minimum Gasteiger partial charge on any atom is -0.369 e. The number of amides is 1. The van der Waals surface area contributed by atoms with Crippen molar-refractivity contribution < 1.29 is 4.79 Å². The molecule has 4 N–H and O–H groups in total. The first-order chi connectivity index (χ1) is 9.50. The highest BCUT2D eigenvalue weighted by molar-refractivity contribution is 5.77. The molecule has 1 aromatic carbocycles. The second-order valence-corrected chi connectivity index (χ2v) is 5.94. The van der Waals surface area contributed by atoms with Gasteiger partial charge in [0.25, 0.3) is 0 Å². The van der Waals surface area contributed by atoms with Crippen molar-refractivity contribution in [2.45, 2.75) is 44.8 Å². The van der Waals surface area contributed by atoms with Crippen LogP contribution in [0.15, 0.2) is 30.3 Å².